The summed E-state index contributed by atoms with van der Waals surface area (Å²) in [5.74, 6) is -0.462. The minimum Gasteiger partial charge on any atom is -0.326 e. The molecule has 0 atom stereocenters. The Morgan fingerprint density at radius 2 is 1.90 bits per heavy atom. The van der Waals surface area contributed by atoms with Crippen molar-refractivity contribution in [3.05, 3.63) is 52.3 Å². The van der Waals surface area contributed by atoms with E-state index in [-0.39, 0.29) is 11.8 Å². The highest BCUT2D eigenvalue weighted by atomic mass is 79.9. The maximum absolute atomic E-state index is 12.1. The van der Waals surface area contributed by atoms with E-state index in [0.717, 1.165) is 10.0 Å². The molecular weight excluding hydrogens is 334 g/mol. The Kier molecular flexibility index (Phi) is 4.70. The van der Waals surface area contributed by atoms with Crippen LogP contribution in [0.3, 0.4) is 0 Å². The van der Waals surface area contributed by atoms with E-state index in [1.807, 2.05) is 13.0 Å². The zero-order valence-electron chi connectivity index (χ0n) is 11.6. The Morgan fingerprint density at radius 3 is 2.52 bits per heavy atom. The molecule has 1 heterocycles. The fourth-order valence-electron chi connectivity index (χ4n) is 1.73. The number of carbonyl (C=O) groups excluding carboxylic acids is 2. The van der Waals surface area contributed by atoms with Crippen molar-refractivity contribution < 1.29 is 9.59 Å². The van der Waals surface area contributed by atoms with E-state index in [2.05, 4.69) is 31.5 Å². The van der Waals surface area contributed by atoms with E-state index in [4.69, 9.17) is 0 Å². The zero-order valence-corrected chi connectivity index (χ0v) is 13.2. The van der Waals surface area contributed by atoms with Crippen molar-refractivity contribution >= 4 is 39.1 Å². The lowest BCUT2D eigenvalue weighted by atomic mass is 10.1. The smallest absolute Gasteiger partial charge is 0.274 e. The third-order valence-corrected chi connectivity index (χ3v) is 3.24. The molecule has 2 aromatic rings. The van der Waals surface area contributed by atoms with Crippen LogP contribution in [-0.4, -0.2) is 16.8 Å². The number of aryl methyl sites for hydroxylation is 1. The van der Waals surface area contributed by atoms with E-state index in [1.54, 1.807) is 30.5 Å². The number of halogens is 1. The first-order chi connectivity index (χ1) is 9.95. The predicted molar refractivity (Wildman–Crippen MR) is 85.4 cm³/mol. The Bertz CT molecular complexity index is 684. The van der Waals surface area contributed by atoms with E-state index >= 15 is 0 Å². The fourth-order valence-corrected chi connectivity index (χ4v) is 1.97. The number of amides is 2. The molecule has 0 aliphatic heterocycles. The lowest BCUT2D eigenvalue weighted by molar-refractivity contribution is -0.114. The molecule has 1 aromatic carbocycles. The molecule has 0 spiro atoms. The number of anilines is 2. The lowest BCUT2D eigenvalue weighted by Gasteiger charge is -2.10. The molecule has 0 radical (unpaired) electrons. The number of nitrogens with one attached hydrogen (secondary N) is 2. The number of rotatable bonds is 3. The van der Waals surface area contributed by atoms with Crippen molar-refractivity contribution in [1.82, 2.24) is 4.98 Å². The Balaban J connectivity index is 2.20. The van der Waals surface area contributed by atoms with Crippen LogP contribution in [0, 0.1) is 6.92 Å². The van der Waals surface area contributed by atoms with Crippen LogP contribution < -0.4 is 10.6 Å². The van der Waals surface area contributed by atoms with Gasteiger partial charge in [-0.15, -0.1) is 0 Å². The van der Waals surface area contributed by atoms with Crippen LogP contribution in [0.15, 0.2) is 41.0 Å². The van der Waals surface area contributed by atoms with Crippen molar-refractivity contribution in [1.29, 1.82) is 0 Å². The highest BCUT2D eigenvalue weighted by Crippen LogP contribution is 2.21. The van der Waals surface area contributed by atoms with Gasteiger partial charge in [-0.2, -0.15) is 0 Å². The van der Waals surface area contributed by atoms with Gasteiger partial charge in [0.25, 0.3) is 5.91 Å². The molecule has 21 heavy (non-hydrogen) atoms. The van der Waals surface area contributed by atoms with Gasteiger partial charge in [-0.05, 0) is 52.7 Å². The summed E-state index contributed by atoms with van der Waals surface area (Å²) in [6.07, 6.45) is 1.56. The summed E-state index contributed by atoms with van der Waals surface area (Å²) in [6, 6.07) is 8.71. The van der Waals surface area contributed by atoms with Crippen molar-refractivity contribution in [2.45, 2.75) is 13.8 Å². The molecule has 0 saturated heterocycles. The summed E-state index contributed by atoms with van der Waals surface area (Å²) in [6.45, 7) is 3.31. The Morgan fingerprint density at radius 1 is 1.14 bits per heavy atom. The minimum atomic E-state index is -0.300. The second-order valence-corrected chi connectivity index (χ2v) is 5.44. The van der Waals surface area contributed by atoms with Gasteiger partial charge >= 0.3 is 0 Å². The molecule has 2 N–H and O–H groups in total. The molecule has 2 rings (SSSR count). The van der Waals surface area contributed by atoms with E-state index in [1.165, 1.54) is 6.92 Å². The van der Waals surface area contributed by atoms with Crippen molar-refractivity contribution in [3.8, 4) is 0 Å². The molecule has 0 bridgehead atoms. The van der Waals surface area contributed by atoms with Crippen molar-refractivity contribution in [2.75, 3.05) is 10.6 Å². The molecule has 0 unspecified atom stereocenters. The molecule has 0 fully saturated rings. The van der Waals surface area contributed by atoms with Gasteiger partial charge in [0.1, 0.15) is 5.69 Å². The van der Waals surface area contributed by atoms with Crippen LogP contribution in [-0.2, 0) is 4.79 Å². The van der Waals surface area contributed by atoms with Gasteiger partial charge in [-0.1, -0.05) is 6.07 Å². The van der Waals surface area contributed by atoms with E-state index < -0.39 is 0 Å². The number of pyridine rings is 1. The SMILES string of the molecule is CC(=O)Nc1ccc(C)c(NC(=O)c2ccc(Br)cn2)c1. The first-order valence-corrected chi connectivity index (χ1v) is 7.06. The number of hydrogen-bond donors (Lipinski definition) is 2. The summed E-state index contributed by atoms with van der Waals surface area (Å²) in [5.41, 5.74) is 2.49. The third kappa shape index (κ3) is 4.13. The van der Waals surface area contributed by atoms with Gasteiger partial charge in [-0.25, -0.2) is 4.98 Å². The quantitative estimate of drug-likeness (QED) is 0.894. The second-order valence-electron chi connectivity index (χ2n) is 4.53. The predicted octanol–water partition coefficient (Wildman–Crippen LogP) is 3.36. The van der Waals surface area contributed by atoms with Gasteiger partial charge in [0.05, 0.1) is 0 Å². The third-order valence-electron chi connectivity index (χ3n) is 2.77. The average Bonchev–Trinajstić information content (AvgIpc) is 2.42. The van der Waals surface area contributed by atoms with Crippen LogP contribution in [0.1, 0.15) is 23.0 Å². The molecule has 108 valence electrons. The Labute approximate surface area is 130 Å². The number of hydrogen-bond acceptors (Lipinski definition) is 3. The summed E-state index contributed by atoms with van der Waals surface area (Å²) in [4.78, 5) is 27.3. The highest BCUT2D eigenvalue weighted by molar-refractivity contribution is 9.10. The van der Waals surface area contributed by atoms with Gasteiger partial charge in [-0.3, -0.25) is 9.59 Å². The van der Waals surface area contributed by atoms with Crippen LogP contribution >= 0.6 is 15.9 Å². The lowest BCUT2D eigenvalue weighted by Crippen LogP contribution is -2.15. The van der Waals surface area contributed by atoms with Crippen LogP contribution in [0.2, 0.25) is 0 Å². The summed E-state index contributed by atoms with van der Waals surface area (Å²) < 4.78 is 0.808. The van der Waals surface area contributed by atoms with Crippen LogP contribution in [0.25, 0.3) is 0 Å². The first-order valence-electron chi connectivity index (χ1n) is 6.27. The number of aromatic nitrogens is 1. The molecule has 1 aromatic heterocycles. The van der Waals surface area contributed by atoms with E-state index in [0.29, 0.717) is 17.1 Å². The van der Waals surface area contributed by atoms with Gasteiger partial charge in [0.15, 0.2) is 0 Å². The van der Waals surface area contributed by atoms with Crippen molar-refractivity contribution in [2.24, 2.45) is 0 Å². The molecule has 0 aliphatic rings. The van der Waals surface area contributed by atoms with Gasteiger partial charge in [0, 0.05) is 29.0 Å². The number of benzene rings is 1. The molecular formula is C15H14BrN3O2. The number of nitrogens with zero attached hydrogens (tertiary/aromatic N) is 1. The largest absolute Gasteiger partial charge is 0.326 e. The van der Waals surface area contributed by atoms with Crippen molar-refractivity contribution in [3.63, 3.8) is 0 Å². The molecule has 5 nitrogen and oxygen atoms in total. The highest BCUT2D eigenvalue weighted by Gasteiger charge is 2.10. The van der Waals surface area contributed by atoms with Gasteiger partial charge < -0.3 is 10.6 Å². The first kappa shape index (κ1) is 15.2. The molecule has 0 aliphatic carbocycles. The summed E-state index contributed by atoms with van der Waals surface area (Å²) in [5, 5.41) is 5.47. The van der Waals surface area contributed by atoms with Crippen LogP contribution in [0.4, 0.5) is 11.4 Å². The Hall–Kier alpha value is -2.21. The van der Waals surface area contributed by atoms with E-state index in [9.17, 15) is 9.59 Å². The van der Waals surface area contributed by atoms with Gasteiger partial charge in [0.2, 0.25) is 5.91 Å². The normalized spacial score (nSPS) is 10.0. The maximum Gasteiger partial charge on any atom is 0.274 e. The topological polar surface area (TPSA) is 71.1 Å². The molecule has 6 heteroatoms. The summed E-state index contributed by atoms with van der Waals surface area (Å²) >= 11 is 3.27. The zero-order chi connectivity index (χ0) is 15.4. The maximum atomic E-state index is 12.1. The minimum absolute atomic E-state index is 0.161. The van der Waals surface area contributed by atoms with Crippen LogP contribution in [0.5, 0.6) is 0 Å². The molecule has 0 saturated carbocycles. The standard InChI is InChI=1S/C15H14BrN3O2/c1-9-3-5-12(18-10(2)20)7-14(9)19-15(21)13-6-4-11(16)8-17-13/h3-8H,1-2H3,(H,18,20)(H,19,21). The average molecular weight is 348 g/mol. The number of carbonyl (C=O) groups is 2. The molecule has 2 amide bonds. The monoisotopic (exact) mass is 347 g/mol. The summed E-state index contributed by atoms with van der Waals surface area (Å²) in [7, 11) is 0. The fraction of sp³-hybridized carbons (Fsp3) is 0.133. The second kappa shape index (κ2) is 6.49.